The van der Waals surface area contributed by atoms with Gasteiger partial charge in [-0.1, -0.05) is 43.7 Å². The molecular weight excluding hydrogens is 436 g/mol. The Bertz CT molecular complexity index is 1010. The summed E-state index contributed by atoms with van der Waals surface area (Å²) in [5.74, 6) is 0.390. The first-order valence-electron chi connectivity index (χ1n) is 13.2. The largest absolute Gasteiger partial charge is 0.340 e. The highest BCUT2D eigenvalue weighted by Gasteiger charge is 2.42. The highest BCUT2D eigenvalue weighted by molar-refractivity contribution is 5.98. The van der Waals surface area contributed by atoms with Crippen molar-refractivity contribution in [2.45, 2.75) is 83.5 Å². The highest BCUT2D eigenvalue weighted by Crippen LogP contribution is 2.36. The van der Waals surface area contributed by atoms with E-state index in [0.29, 0.717) is 30.0 Å². The summed E-state index contributed by atoms with van der Waals surface area (Å²) in [6.45, 7) is 7.47. The van der Waals surface area contributed by atoms with Gasteiger partial charge in [-0.05, 0) is 71.0 Å². The number of aromatic nitrogens is 1. The van der Waals surface area contributed by atoms with Crippen molar-refractivity contribution >= 4 is 11.8 Å². The monoisotopic (exact) mass is 476 g/mol. The fourth-order valence-electron chi connectivity index (χ4n) is 5.85. The maximum absolute atomic E-state index is 13.4. The molecule has 6 nitrogen and oxygen atoms in total. The van der Waals surface area contributed by atoms with E-state index in [9.17, 15) is 9.59 Å². The normalized spacial score (nSPS) is 24.9. The molecule has 0 spiro atoms. The summed E-state index contributed by atoms with van der Waals surface area (Å²) in [5.41, 5.74) is 2.25. The summed E-state index contributed by atoms with van der Waals surface area (Å²) in [6, 6.07) is 14.3. The summed E-state index contributed by atoms with van der Waals surface area (Å²) < 4.78 is 0. The standard InChI is InChI=1S/C29H40N4O2/c1-5-9-22-18-24(32(4)20(2)3)12-13-27(22)33-17-15-25(29(33)35)31-28(34)23-14-16-30-26(19-23)21-10-7-6-8-11-21/h6-8,10-11,14,16,19-20,22,24-25,27H,5,9,12-13,15,17-18H2,1-4H3,(H,31,34)/t22-,24-,25?,27+/m1/s1. The van der Waals surface area contributed by atoms with Crippen LogP contribution in [-0.4, -0.2) is 64.4 Å². The average molecular weight is 477 g/mol. The minimum atomic E-state index is -0.450. The molecule has 1 N–H and O–H groups in total. The Morgan fingerprint density at radius 1 is 1.17 bits per heavy atom. The molecule has 2 amide bonds. The summed E-state index contributed by atoms with van der Waals surface area (Å²) >= 11 is 0. The number of hydrogen-bond donors (Lipinski definition) is 1. The maximum atomic E-state index is 13.4. The van der Waals surface area contributed by atoms with Crippen molar-refractivity contribution in [3.8, 4) is 11.3 Å². The minimum absolute atomic E-state index is 0.0810. The third-order valence-electron chi connectivity index (χ3n) is 8.00. The lowest BCUT2D eigenvalue weighted by atomic mass is 9.77. The van der Waals surface area contributed by atoms with Crippen molar-refractivity contribution in [1.82, 2.24) is 20.1 Å². The Balaban J connectivity index is 1.41. The molecule has 1 aromatic carbocycles. The molecule has 2 aromatic rings. The second-order valence-corrected chi connectivity index (χ2v) is 10.5. The Labute approximate surface area is 210 Å². The molecule has 6 heteroatoms. The van der Waals surface area contributed by atoms with Gasteiger partial charge in [0.05, 0.1) is 5.69 Å². The Morgan fingerprint density at radius 3 is 2.66 bits per heavy atom. The van der Waals surface area contributed by atoms with Gasteiger partial charge in [-0.15, -0.1) is 0 Å². The number of pyridine rings is 1. The van der Waals surface area contributed by atoms with Crippen molar-refractivity contribution < 1.29 is 9.59 Å². The van der Waals surface area contributed by atoms with Crippen molar-refractivity contribution in [1.29, 1.82) is 0 Å². The lowest BCUT2D eigenvalue weighted by Gasteiger charge is -2.44. The Kier molecular flexibility index (Phi) is 8.22. The molecule has 1 saturated carbocycles. The van der Waals surface area contributed by atoms with Crippen LogP contribution < -0.4 is 5.32 Å². The van der Waals surface area contributed by atoms with Crippen LogP contribution in [0.5, 0.6) is 0 Å². The molecule has 2 aliphatic rings. The third kappa shape index (κ3) is 5.75. The van der Waals surface area contributed by atoms with Crippen LogP contribution in [0.1, 0.15) is 69.7 Å². The second-order valence-electron chi connectivity index (χ2n) is 10.5. The first-order valence-corrected chi connectivity index (χ1v) is 13.2. The SMILES string of the molecule is CCC[C@@H]1C[C@H](N(C)C(C)C)CC[C@@H]1N1CCC(NC(=O)c2ccnc(-c3ccccc3)c2)C1=O. The Morgan fingerprint density at radius 2 is 1.94 bits per heavy atom. The third-order valence-corrected chi connectivity index (χ3v) is 8.00. The van der Waals surface area contributed by atoms with Crippen LogP contribution in [0.3, 0.4) is 0 Å². The molecule has 0 bridgehead atoms. The molecule has 1 unspecified atom stereocenters. The number of carbonyl (C=O) groups is 2. The van der Waals surface area contributed by atoms with Crippen molar-refractivity contribution in [3.05, 3.63) is 54.2 Å². The zero-order chi connectivity index (χ0) is 24.9. The fourth-order valence-corrected chi connectivity index (χ4v) is 5.85. The van der Waals surface area contributed by atoms with Gasteiger partial charge in [-0.25, -0.2) is 0 Å². The molecule has 2 fully saturated rings. The smallest absolute Gasteiger partial charge is 0.252 e. The lowest BCUT2D eigenvalue weighted by molar-refractivity contribution is -0.133. The van der Waals surface area contributed by atoms with Gasteiger partial charge in [0.2, 0.25) is 5.91 Å². The van der Waals surface area contributed by atoms with E-state index < -0.39 is 6.04 Å². The van der Waals surface area contributed by atoms with E-state index in [1.54, 1.807) is 18.3 Å². The topological polar surface area (TPSA) is 65.5 Å². The number of amides is 2. The molecule has 188 valence electrons. The molecule has 1 saturated heterocycles. The quantitative estimate of drug-likeness (QED) is 0.597. The van der Waals surface area contributed by atoms with Gasteiger partial charge in [0.25, 0.3) is 5.91 Å². The predicted octanol–water partition coefficient (Wildman–Crippen LogP) is 4.76. The van der Waals surface area contributed by atoms with Crippen LogP contribution in [0.4, 0.5) is 0 Å². The van der Waals surface area contributed by atoms with Crippen molar-refractivity contribution in [2.75, 3.05) is 13.6 Å². The highest BCUT2D eigenvalue weighted by atomic mass is 16.2. The van der Waals surface area contributed by atoms with Crippen LogP contribution in [0.2, 0.25) is 0 Å². The molecule has 35 heavy (non-hydrogen) atoms. The minimum Gasteiger partial charge on any atom is -0.340 e. The first kappa shape index (κ1) is 25.4. The lowest BCUT2D eigenvalue weighted by Crippen LogP contribution is -2.51. The number of nitrogens with zero attached hydrogens (tertiary/aromatic N) is 3. The molecular formula is C29H40N4O2. The first-order chi connectivity index (χ1) is 16.9. The van der Waals surface area contributed by atoms with E-state index in [-0.39, 0.29) is 17.9 Å². The van der Waals surface area contributed by atoms with Gasteiger partial charge < -0.3 is 15.1 Å². The average Bonchev–Trinajstić information content (AvgIpc) is 3.23. The number of carbonyl (C=O) groups excluding carboxylic acids is 2. The van der Waals surface area contributed by atoms with Crippen LogP contribution in [-0.2, 0) is 4.79 Å². The molecule has 4 atom stereocenters. The van der Waals surface area contributed by atoms with E-state index in [2.05, 4.69) is 47.9 Å². The van der Waals surface area contributed by atoms with E-state index in [1.807, 2.05) is 30.3 Å². The zero-order valence-corrected chi connectivity index (χ0v) is 21.6. The van der Waals surface area contributed by atoms with E-state index in [4.69, 9.17) is 0 Å². The van der Waals surface area contributed by atoms with Crippen LogP contribution in [0.25, 0.3) is 11.3 Å². The second kappa shape index (κ2) is 11.3. The van der Waals surface area contributed by atoms with E-state index in [1.165, 1.54) is 0 Å². The van der Waals surface area contributed by atoms with Gasteiger partial charge in [0.1, 0.15) is 6.04 Å². The maximum Gasteiger partial charge on any atom is 0.252 e. The van der Waals surface area contributed by atoms with Crippen LogP contribution in [0.15, 0.2) is 48.7 Å². The van der Waals surface area contributed by atoms with Gasteiger partial charge >= 0.3 is 0 Å². The predicted molar refractivity (Wildman–Crippen MR) is 140 cm³/mol. The zero-order valence-electron chi connectivity index (χ0n) is 21.6. The number of hydrogen-bond acceptors (Lipinski definition) is 4. The van der Waals surface area contributed by atoms with Gasteiger partial charge in [-0.3, -0.25) is 14.6 Å². The number of benzene rings is 1. The molecule has 0 radical (unpaired) electrons. The molecule has 1 aliphatic heterocycles. The number of likely N-dealkylation sites (tertiary alicyclic amines) is 1. The van der Waals surface area contributed by atoms with Gasteiger partial charge in [0, 0.05) is 42.0 Å². The number of rotatable bonds is 8. The summed E-state index contributed by atoms with van der Waals surface area (Å²) in [7, 11) is 2.23. The molecule has 1 aromatic heterocycles. The van der Waals surface area contributed by atoms with E-state index >= 15 is 0 Å². The van der Waals surface area contributed by atoms with Crippen molar-refractivity contribution in [3.63, 3.8) is 0 Å². The summed E-state index contributed by atoms with van der Waals surface area (Å²) in [5, 5.41) is 3.02. The fraction of sp³-hybridized carbons (Fsp3) is 0.552. The van der Waals surface area contributed by atoms with Gasteiger partial charge in [-0.2, -0.15) is 0 Å². The van der Waals surface area contributed by atoms with E-state index in [0.717, 1.165) is 49.9 Å². The van der Waals surface area contributed by atoms with Crippen LogP contribution in [0, 0.1) is 5.92 Å². The summed E-state index contributed by atoms with van der Waals surface area (Å²) in [4.78, 5) is 35.5. The molecule has 2 heterocycles. The van der Waals surface area contributed by atoms with Crippen LogP contribution >= 0.6 is 0 Å². The number of nitrogens with one attached hydrogen (secondary N) is 1. The Hall–Kier alpha value is -2.73. The summed E-state index contributed by atoms with van der Waals surface area (Å²) in [6.07, 6.45) is 7.92. The molecule has 1 aliphatic carbocycles. The molecule has 4 rings (SSSR count). The van der Waals surface area contributed by atoms with Crippen molar-refractivity contribution in [2.24, 2.45) is 5.92 Å². The van der Waals surface area contributed by atoms with Gasteiger partial charge in [0.15, 0.2) is 0 Å².